The predicted molar refractivity (Wildman–Crippen MR) is 132 cm³/mol. The highest BCUT2D eigenvalue weighted by molar-refractivity contribution is 5.94. The summed E-state index contributed by atoms with van der Waals surface area (Å²) in [6, 6.07) is 5.05. The Hall–Kier alpha value is -1.84. The quantitative estimate of drug-likeness (QED) is 0.159. The third kappa shape index (κ3) is 12.3. The van der Waals surface area contributed by atoms with Gasteiger partial charge in [0.1, 0.15) is 0 Å². The van der Waals surface area contributed by atoms with Crippen LogP contribution in [-0.4, -0.2) is 26.2 Å². The van der Waals surface area contributed by atoms with Gasteiger partial charge in [0.05, 0.1) is 25.3 Å². The van der Waals surface area contributed by atoms with Gasteiger partial charge in [-0.15, -0.1) is 0 Å². The summed E-state index contributed by atoms with van der Waals surface area (Å²) in [4.78, 5) is 23.8. The van der Waals surface area contributed by atoms with E-state index in [9.17, 15) is 9.59 Å². The summed E-state index contributed by atoms with van der Waals surface area (Å²) in [5.41, 5.74) is 1.89. The van der Waals surface area contributed by atoms with Crippen LogP contribution in [0.2, 0.25) is 0 Å². The first-order chi connectivity index (χ1) is 15.6. The molecule has 32 heavy (non-hydrogen) atoms. The van der Waals surface area contributed by atoms with Crippen molar-refractivity contribution in [1.82, 2.24) is 0 Å². The Labute approximate surface area is 196 Å². The summed E-state index contributed by atoms with van der Waals surface area (Å²) in [6.45, 7) is 2.27. The fraction of sp³-hybridized carbons (Fsp3) is 0.714. The van der Waals surface area contributed by atoms with Crippen LogP contribution in [-0.2, 0) is 15.9 Å². The molecule has 0 aliphatic carbocycles. The monoisotopic (exact) mass is 446 g/mol. The smallest absolute Gasteiger partial charge is 0.338 e. The van der Waals surface area contributed by atoms with E-state index in [2.05, 4.69) is 6.92 Å². The summed E-state index contributed by atoms with van der Waals surface area (Å²) in [7, 11) is 2.75. The molecule has 182 valence electrons. The van der Waals surface area contributed by atoms with Crippen molar-refractivity contribution in [3.8, 4) is 0 Å². The van der Waals surface area contributed by atoms with Crippen LogP contribution in [0.1, 0.15) is 136 Å². The second-order valence-corrected chi connectivity index (χ2v) is 8.91. The van der Waals surface area contributed by atoms with Crippen molar-refractivity contribution >= 4 is 11.9 Å². The molecular formula is C28H46O4. The number of carbonyl (C=O) groups is 2. The lowest BCUT2D eigenvalue weighted by Crippen LogP contribution is -2.09. The molecule has 1 rings (SSSR count). The van der Waals surface area contributed by atoms with Gasteiger partial charge in [0.15, 0.2) is 0 Å². The summed E-state index contributed by atoms with van der Waals surface area (Å²) >= 11 is 0. The third-order valence-electron chi connectivity index (χ3n) is 6.23. The Morgan fingerprint density at radius 1 is 0.625 bits per heavy atom. The van der Waals surface area contributed by atoms with Gasteiger partial charge in [-0.3, -0.25) is 0 Å². The van der Waals surface area contributed by atoms with Crippen LogP contribution in [0.15, 0.2) is 18.2 Å². The van der Waals surface area contributed by atoms with Gasteiger partial charge < -0.3 is 9.47 Å². The highest BCUT2D eigenvalue weighted by Gasteiger charge is 2.15. The molecule has 0 aliphatic heterocycles. The summed E-state index contributed by atoms with van der Waals surface area (Å²) in [5, 5.41) is 0. The highest BCUT2D eigenvalue weighted by Crippen LogP contribution is 2.19. The van der Waals surface area contributed by atoms with Crippen LogP contribution < -0.4 is 0 Å². The maximum atomic E-state index is 12.0. The van der Waals surface area contributed by atoms with Crippen LogP contribution in [0, 0.1) is 0 Å². The molecule has 0 N–H and O–H groups in total. The molecule has 0 radical (unpaired) electrons. The SMILES string of the molecule is CCCCCCCCCCCCCCCCCCc1cc(C(=O)OC)ccc1C(=O)OC. The fourth-order valence-electron chi connectivity index (χ4n) is 4.22. The van der Waals surface area contributed by atoms with E-state index < -0.39 is 0 Å². The van der Waals surface area contributed by atoms with E-state index in [0.29, 0.717) is 11.1 Å². The molecule has 0 amide bonds. The summed E-state index contributed by atoms with van der Waals surface area (Å²) in [6.07, 6.45) is 22.1. The minimum Gasteiger partial charge on any atom is -0.465 e. The topological polar surface area (TPSA) is 52.6 Å². The zero-order valence-electron chi connectivity index (χ0n) is 20.9. The Morgan fingerprint density at radius 3 is 1.50 bits per heavy atom. The van der Waals surface area contributed by atoms with Crippen molar-refractivity contribution < 1.29 is 19.1 Å². The molecule has 0 heterocycles. The molecule has 0 saturated heterocycles. The van der Waals surface area contributed by atoms with Gasteiger partial charge in [0, 0.05) is 0 Å². The Morgan fingerprint density at radius 2 is 1.06 bits per heavy atom. The molecule has 4 nitrogen and oxygen atoms in total. The number of hydrogen-bond acceptors (Lipinski definition) is 4. The Balaban J connectivity index is 2.12. The van der Waals surface area contributed by atoms with Gasteiger partial charge in [-0.05, 0) is 36.6 Å². The van der Waals surface area contributed by atoms with E-state index in [4.69, 9.17) is 9.47 Å². The van der Waals surface area contributed by atoms with E-state index in [1.807, 2.05) is 0 Å². The Bertz CT molecular complexity index is 638. The van der Waals surface area contributed by atoms with Crippen LogP contribution >= 0.6 is 0 Å². The number of benzene rings is 1. The average Bonchev–Trinajstić information content (AvgIpc) is 2.82. The van der Waals surface area contributed by atoms with Crippen LogP contribution in [0.3, 0.4) is 0 Å². The molecular weight excluding hydrogens is 400 g/mol. The van der Waals surface area contributed by atoms with Crippen molar-refractivity contribution in [2.24, 2.45) is 0 Å². The van der Waals surface area contributed by atoms with Crippen molar-refractivity contribution in [2.75, 3.05) is 14.2 Å². The van der Waals surface area contributed by atoms with Crippen molar-refractivity contribution in [3.63, 3.8) is 0 Å². The lowest BCUT2D eigenvalue weighted by atomic mass is 9.98. The van der Waals surface area contributed by atoms with Gasteiger partial charge in [-0.25, -0.2) is 9.59 Å². The van der Waals surface area contributed by atoms with Crippen molar-refractivity contribution in [1.29, 1.82) is 0 Å². The van der Waals surface area contributed by atoms with Crippen molar-refractivity contribution in [2.45, 2.75) is 116 Å². The zero-order chi connectivity index (χ0) is 23.4. The second kappa shape index (κ2) is 18.7. The molecule has 0 unspecified atom stereocenters. The number of aryl methyl sites for hydroxylation is 1. The molecule has 0 bridgehead atoms. The Kier molecular flexibility index (Phi) is 16.5. The second-order valence-electron chi connectivity index (χ2n) is 8.91. The lowest BCUT2D eigenvalue weighted by Gasteiger charge is -2.10. The first kappa shape index (κ1) is 28.2. The first-order valence-corrected chi connectivity index (χ1v) is 12.9. The predicted octanol–water partition coefficient (Wildman–Crippen LogP) is 8.06. The molecule has 0 aromatic heterocycles. The average molecular weight is 447 g/mol. The number of rotatable bonds is 19. The highest BCUT2D eigenvalue weighted by atomic mass is 16.5. The molecule has 1 aromatic rings. The molecule has 0 fully saturated rings. The zero-order valence-corrected chi connectivity index (χ0v) is 20.9. The molecule has 4 heteroatoms. The third-order valence-corrected chi connectivity index (χ3v) is 6.23. The van der Waals surface area contributed by atoms with Gasteiger partial charge in [-0.2, -0.15) is 0 Å². The molecule has 0 saturated carbocycles. The first-order valence-electron chi connectivity index (χ1n) is 12.9. The number of unbranched alkanes of at least 4 members (excludes halogenated alkanes) is 15. The van der Waals surface area contributed by atoms with Gasteiger partial charge in [-0.1, -0.05) is 103 Å². The number of esters is 2. The normalized spacial score (nSPS) is 10.8. The summed E-state index contributed by atoms with van der Waals surface area (Å²) in [5.74, 6) is -0.734. The fourth-order valence-corrected chi connectivity index (χ4v) is 4.22. The standard InChI is InChI=1S/C28H46O4/c1-4-5-6-7-8-9-10-11-12-13-14-15-16-17-18-19-20-24-23-25(27(29)31-2)21-22-26(24)28(30)32-3/h21-23H,4-20H2,1-3H3. The number of carbonyl (C=O) groups excluding carboxylic acids is 2. The maximum absolute atomic E-state index is 12.0. The maximum Gasteiger partial charge on any atom is 0.338 e. The van der Waals surface area contributed by atoms with E-state index in [-0.39, 0.29) is 11.9 Å². The van der Waals surface area contributed by atoms with Crippen molar-refractivity contribution in [3.05, 3.63) is 34.9 Å². The van der Waals surface area contributed by atoms with Gasteiger partial charge in [0.2, 0.25) is 0 Å². The number of hydrogen-bond donors (Lipinski definition) is 0. The number of methoxy groups -OCH3 is 2. The number of ether oxygens (including phenoxy) is 2. The van der Waals surface area contributed by atoms with E-state index in [1.165, 1.54) is 104 Å². The van der Waals surface area contributed by atoms with E-state index >= 15 is 0 Å². The molecule has 0 atom stereocenters. The van der Waals surface area contributed by atoms with E-state index in [1.54, 1.807) is 18.2 Å². The largest absolute Gasteiger partial charge is 0.465 e. The molecule has 1 aromatic carbocycles. The van der Waals surface area contributed by atoms with Gasteiger partial charge in [0.25, 0.3) is 0 Å². The summed E-state index contributed by atoms with van der Waals surface area (Å²) < 4.78 is 9.68. The minimum atomic E-state index is -0.380. The van der Waals surface area contributed by atoms with Crippen LogP contribution in [0.4, 0.5) is 0 Å². The lowest BCUT2D eigenvalue weighted by molar-refractivity contribution is 0.0585. The van der Waals surface area contributed by atoms with Crippen LogP contribution in [0.5, 0.6) is 0 Å². The van der Waals surface area contributed by atoms with E-state index in [0.717, 1.165) is 24.8 Å². The molecule has 0 aliphatic rings. The van der Waals surface area contributed by atoms with Gasteiger partial charge >= 0.3 is 11.9 Å². The minimum absolute atomic E-state index is 0.354. The van der Waals surface area contributed by atoms with Crippen LogP contribution in [0.25, 0.3) is 0 Å². The molecule has 0 spiro atoms.